The highest BCUT2D eigenvalue weighted by molar-refractivity contribution is 5.74. The number of hydrogen-bond acceptors (Lipinski definition) is 6. The molecule has 0 aliphatic heterocycles. The second kappa shape index (κ2) is 20.1. The van der Waals surface area contributed by atoms with Gasteiger partial charge in [-0.1, -0.05) is 84.5 Å². The number of hydrogen-bond donors (Lipinski definition) is 2. The van der Waals surface area contributed by atoms with E-state index >= 15 is 0 Å². The van der Waals surface area contributed by atoms with Gasteiger partial charge in [0.2, 0.25) is 0 Å². The maximum absolute atomic E-state index is 11.7. The number of aliphatic hydroxyl groups excluding tert-OH is 2. The number of ether oxygens (including phenoxy) is 2. The van der Waals surface area contributed by atoms with Crippen LogP contribution in [0.5, 0.6) is 0 Å². The Morgan fingerprint density at radius 2 is 0.931 bits per heavy atom. The van der Waals surface area contributed by atoms with Gasteiger partial charge in [-0.05, 0) is 25.7 Å². The van der Waals surface area contributed by atoms with E-state index in [2.05, 4.69) is 13.8 Å². The van der Waals surface area contributed by atoms with Gasteiger partial charge in [0.05, 0.1) is 13.2 Å². The van der Waals surface area contributed by atoms with Gasteiger partial charge < -0.3 is 19.7 Å². The van der Waals surface area contributed by atoms with E-state index in [9.17, 15) is 19.8 Å². The van der Waals surface area contributed by atoms with Crippen molar-refractivity contribution in [1.29, 1.82) is 0 Å². The second-order valence-corrected chi connectivity index (χ2v) is 7.83. The van der Waals surface area contributed by atoms with Crippen molar-refractivity contribution in [2.75, 3.05) is 13.2 Å². The van der Waals surface area contributed by atoms with Gasteiger partial charge >= 0.3 is 11.9 Å². The first-order valence-corrected chi connectivity index (χ1v) is 11.7. The minimum absolute atomic E-state index is 0.388. The molecule has 0 aromatic heterocycles. The average molecular weight is 417 g/mol. The van der Waals surface area contributed by atoms with Crippen molar-refractivity contribution in [2.24, 2.45) is 0 Å². The van der Waals surface area contributed by atoms with Gasteiger partial charge in [-0.2, -0.15) is 0 Å². The highest BCUT2D eigenvalue weighted by Crippen LogP contribution is 2.12. The fraction of sp³-hybridized carbons (Fsp3) is 0.913. The predicted molar refractivity (Wildman–Crippen MR) is 115 cm³/mol. The van der Waals surface area contributed by atoms with Gasteiger partial charge in [0.1, 0.15) is 0 Å². The zero-order chi connectivity index (χ0) is 21.7. The number of unbranched alkanes of at least 4 members (excludes halogenated alkanes) is 10. The quantitative estimate of drug-likeness (QED) is 0.221. The van der Waals surface area contributed by atoms with E-state index in [-0.39, 0.29) is 0 Å². The number of esters is 2. The molecule has 0 radical (unpaired) electrons. The maximum Gasteiger partial charge on any atom is 0.334 e. The van der Waals surface area contributed by atoms with Crippen molar-refractivity contribution in [1.82, 2.24) is 0 Å². The molecule has 0 saturated heterocycles. The Morgan fingerprint density at radius 1 is 0.586 bits per heavy atom. The lowest BCUT2D eigenvalue weighted by Gasteiger charge is -2.11. The predicted octanol–water partition coefficient (Wildman–Crippen LogP) is 4.69. The fourth-order valence-corrected chi connectivity index (χ4v) is 3.04. The first-order valence-electron chi connectivity index (χ1n) is 11.7. The Bertz CT molecular complexity index is 363. The van der Waals surface area contributed by atoms with Crippen LogP contribution in [0.4, 0.5) is 0 Å². The fourth-order valence-electron chi connectivity index (χ4n) is 3.04. The normalized spacial score (nSPS) is 13.1. The van der Waals surface area contributed by atoms with Gasteiger partial charge in [0.15, 0.2) is 12.2 Å². The number of carbonyl (C=O) groups excluding carboxylic acids is 2. The lowest BCUT2D eigenvalue weighted by Crippen LogP contribution is -2.23. The average Bonchev–Trinajstić information content (AvgIpc) is 2.71. The summed E-state index contributed by atoms with van der Waals surface area (Å²) in [6.07, 6.45) is 11.4. The summed E-state index contributed by atoms with van der Waals surface area (Å²) >= 11 is 0. The summed E-state index contributed by atoms with van der Waals surface area (Å²) in [4.78, 5) is 23.3. The van der Waals surface area contributed by atoms with E-state index in [1.807, 2.05) is 0 Å². The van der Waals surface area contributed by atoms with Crippen LogP contribution in [0, 0.1) is 0 Å². The van der Waals surface area contributed by atoms with Gasteiger partial charge in [-0.3, -0.25) is 0 Å². The Kier molecular flexibility index (Phi) is 19.4. The van der Waals surface area contributed by atoms with Crippen LogP contribution in [0.1, 0.15) is 110 Å². The molecule has 0 rings (SSSR count). The number of rotatable bonds is 20. The zero-order valence-corrected chi connectivity index (χ0v) is 18.7. The van der Waals surface area contributed by atoms with E-state index in [0.717, 1.165) is 83.5 Å². The van der Waals surface area contributed by atoms with Crippen LogP contribution in [-0.2, 0) is 19.1 Å². The van der Waals surface area contributed by atoms with Crippen molar-refractivity contribution in [2.45, 2.75) is 122 Å². The standard InChI is InChI=1S/C23H44O6/c1-3-5-7-14-18-28-22(26)20(24)16-12-10-9-11-13-17-21(25)23(27)29-19-15-8-6-4-2/h20-21,24-25H,3-19H2,1-2H3. The third kappa shape index (κ3) is 17.4. The molecule has 2 atom stereocenters. The molecule has 6 heteroatoms. The third-order valence-corrected chi connectivity index (χ3v) is 4.98. The summed E-state index contributed by atoms with van der Waals surface area (Å²) in [5.74, 6) is -1.03. The van der Waals surface area contributed by atoms with Crippen LogP contribution in [0.25, 0.3) is 0 Å². The van der Waals surface area contributed by atoms with Crippen LogP contribution in [0.15, 0.2) is 0 Å². The summed E-state index contributed by atoms with van der Waals surface area (Å²) in [6.45, 7) is 5.03. The molecule has 0 saturated carbocycles. The van der Waals surface area contributed by atoms with Gasteiger partial charge in [-0.15, -0.1) is 0 Å². The smallest absolute Gasteiger partial charge is 0.334 e. The van der Waals surface area contributed by atoms with Gasteiger partial charge in [-0.25, -0.2) is 9.59 Å². The molecule has 0 aliphatic carbocycles. The van der Waals surface area contributed by atoms with E-state index in [1.54, 1.807) is 0 Å². The maximum atomic E-state index is 11.7. The summed E-state index contributed by atoms with van der Waals surface area (Å²) in [5, 5.41) is 19.6. The lowest BCUT2D eigenvalue weighted by molar-refractivity contribution is -0.154. The summed E-state index contributed by atoms with van der Waals surface area (Å²) in [6, 6.07) is 0. The molecule has 6 nitrogen and oxygen atoms in total. The van der Waals surface area contributed by atoms with E-state index < -0.39 is 24.1 Å². The van der Waals surface area contributed by atoms with Crippen LogP contribution < -0.4 is 0 Å². The molecular formula is C23H44O6. The second-order valence-electron chi connectivity index (χ2n) is 7.83. The molecule has 0 aromatic rings. The molecule has 0 heterocycles. The van der Waals surface area contributed by atoms with E-state index in [0.29, 0.717) is 26.1 Å². The molecule has 0 amide bonds. The number of aliphatic hydroxyl groups is 2. The minimum atomic E-state index is -1.03. The van der Waals surface area contributed by atoms with E-state index in [4.69, 9.17) is 9.47 Å². The van der Waals surface area contributed by atoms with Crippen LogP contribution >= 0.6 is 0 Å². The van der Waals surface area contributed by atoms with Gasteiger partial charge in [0, 0.05) is 0 Å². The first kappa shape index (κ1) is 27.9. The number of carbonyl (C=O) groups is 2. The molecule has 29 heavy (non-hydrogen) atoms. The molecule has 0 aromatic carbocycles. The topological polar surface area (TPSA) is 93.1 Å². The van der Waals surface area contributed by atoms with E-state index in [1.165, 1.54) is 0 Å². The molecule has 0 fully saturated rings. The van der Waals surface area contributed by atoms with Crippen molar-refractivity contribution < 1.29 is 29.3 Å². The van der Waals surface area contributed by atoms with Crippen LogP contribution in [0.2, 0.25) is 0 Å². The van der Waals surface area contributed by atoms with Crippen LogP contribution in [-0.4, -0.2) is 47.6 Å². The molecule has 2 unspecified atom stereocenters. The van der Waals surface area contributed by atoms with Crippen molar-refractivity contribution in [3.8, 4) is 0 Å². The van der Waals surface area contributed by atoms with Crippen molar-refractivity contribution in [3.05, 3.63) is 0 Å². The highest BCUT2D eigenvalue weighted by Gasteiger charge is 2.17. The lowest BCUT2D eigenvalue weighted by atomic mass is 10.1. The molecule has 0 spiro atoms. The molecular weight excluding hydrogens is 372 g/mol. The molecule has 0 bridgehead atoms. The van der Waals surface area contributed by atoms with Crippen molar-refractivity contribution in [3.63, 3.8) is 0 Å². The monoisotopic (exact) mass is 416 g/mol. The Hall–Kier alpha value is -1.14. The summed E-state index contributed by atoms with van der Waals surface area (Å²) < 4.78 is 10.2. The van der Waals surface area contributed by atoms with Gasteiger partial charge in [0.25, 0.3) is 0 Å². The third-order valence-electron chi connectivity index (χ3n) is 4.98. The summed E-state index contributed by atoms with van der Waals surface area (Å²) in [5.41, 5.74) is 0. The summed E-state index contributed by atoms with van der Waals surface area (Å²) in [7, 11) is 0. The Labute approximate surface area is 177 Å². The van der Waals surface area contributed by atoms with Crippen molar-refractivity contribution >= 4 is 11.9 Å². The largest absolute Gasteiger partial charge is 0.464 e. The first-order chi connectivity index (χ1) is 14.0. The SMILES string of the molecule is CCCCCCOC(=O)C(O)CCCCCCCC(O)C(=O)OCCCCCC. The zero-order valence-electron chi connectivity index (χ0n) is 18.7. The Balaban J connectivity index is 3.54. The van der Waals surface area contributed by atoms with Crippen LogP contribution in [0.3, 0.4) is 0 Å². The molecule has 0 aliphatic rings. The molecule has 172 valence electrons. The highest BCUT2D eigenvalue weighted by atomic mass is 16.5. The Morgan fingerprint density at radius 3 is 1.31 bits per heavy atom. The molecule has 2 N–H and O–H groups in total. The minimum Gasteiger partial charge on any atom is -0.464 e.